The summed E-state index contributed by atoms with van der Waals surface area (Å²) in [4.78, 5) is 50.9. The molecule has 1 atom stereocenters. The number of aliphatic carboxylic acids is 1. The van der Waals surface area contributed by atoms with E-state index in [2.05, 4.69) is 4.98 Å². The summed E-state index contributed by atoms with van der Waals surface area (Å²) in [6.45, 7) is 1.38. The van der Waals surface area contributed by atoms with Crippen LogP contribution in [0, 0.1) is 0 Å². The van der Waals surface area contributed by atoms with E-state index in [1.807, 2.05) is 0 Å². The Balaban J connectivity index is 2.45. The van der Waals surface area contributed by atoms with Crippen molar-refractivity contribution in [1.29, 1.82) is 0 Å². The van der Waals surface area contributed by atoms with Crippen LogP contribution >= 0.6 is 0 Å². The first-order valence-electron chi connectivity index (χ1n) is 7.19. The van der Waals surface area contributed by atoms with E-state index in [4.69, 9.17) is 0 Å². The van der Waals surface area contributed by atoms with Gasteiger partial charge in [-0.3, -0.25) is 14.2 Å². The summed E-state index contributed by atoms with van der Waals surface area (Å²) in [5, 5.41) is 9.26. The number of carboxylic acid groups (broad SMARTS) is 1. The molecule has 1 heterocycles. The predicted octanol–water partition coefficient (Wildman–Crippen LogP) is 0.189. The third-order valence-corrected chi connectivity index (χ3v) is 3.69. The van der Waals surface area contributed by atoms with Gasteiger partial charge in [-0.05, 0) is 12.5 Å². The molecule has 2 N–H and O–H groups in total. The minimum absolute atomic E-state index is 0.0232. The summed E-state index contributed by atoms with van der Waals surface area (Å²) in [6.07, 6.45) is 1.01. The Bertz CT molecular complexity index is 869. The zero-order valence-corrected chi connectivity index (χ0v) is 13.2. The summed E-state index contributed by atoms with van der Waals surface area (Å²) < 4.78 is 0.763. The maximum atomic E-state index is 12.7. The number of amides is 1. The highest BCUT2D eigenvalue weighted by molar-refractivity contribution is 5.96. The summed E-state index contributed by atoms with van der Waals surface area (Å²) in [6, 6.07) is 7.69. The second kappa shape index (κ2) is 6.95. The second-order valence-corrected chi connectivity index (χ2v) is 5.30. The topological polar surface area (TPSA) is 112 Å². The maximum Gasteiger partial charge on any atom is 0.328 e. The highest BCUT2D eigenvalue weighted by atomic mass is 16.4. The predicted molar refractivity (Wildman–Crippen MR) is 85.7 cm³/mol. The molecule has 0 spiro atoms. The number of hydrogen-bond donors (Lipinski definition) is 2. The van der Waals surface area contributed by atoms with Crippen molar-refractivity contribution in [3.05, 3.63) is 68.5 Å². The molecule has 0 bridgehead atoms. The van der Waals surface area contributed by atoms with Crippen molar-refractivity contribution in [3.63, 3.8) is 0 Å². The smallest absolute Gasteiger partial charge is 0.328 e. The molecule has 1 aromatic carbocycles. The molecule has 0 aliphatic carbocycles. The van der Waals surface area contributed by atoms with Crippen LogP contribution in [0.25, 0.3) is 0 Å². The first-order chi connectivity index (χ1) is 11.3. The Kier molecular flexibility index (Phi) is 4.98. The lowest BCUT2D eigenvalue weighted by molar-refractivity contribution is -0.141. The van der Waals surface area contributed by atoms with Gasteiger partial charge >= 0.3 is 11.7 Å². The van der Waals surface area contributed by atoms with Gasteiger partial charge in [-0.2, -0.15) is 0 Å². The van der Waals surface area contributed by atoms with E-state index in [0.717, 1.165) is 21.2 Å². The van der Waals surface area contributed by atoms with Gasteiger partial charge < -0.3 is 15.0 Å². The lowest BCUT2D eigenvalue weighted by Gasteiger charge is -2.26. The van der Waals surface area contributed by atoms with Gasteiger partial charge in [-0.25, -0.2) is 9.59 Å². The van der Waals surface area contributed by atoms with Gasteiger partial charge in [0.2, 0.25) is 0 Å². The van der Waals surface area contributed by atoms with Crippen LogP contribution in [0.5, 0.6) is 0 Å². The molecule has 0 fully saturated rings. The standard InChI is InChI=1S/C16H17N3O5/c1-10(15(22)23)19(9-11-6-4-3-5-7-11)14(21)12-8-17-16(24)18(2)13(12)20/h3-8,10H,9H2,1-2H3,(H,17,24)(H,22,23)/t10-/m1/s1. The Morgan fingerprint density at radius 1 is 1.25 bits per heavy atom. The van der Waals surface area contributed by atoms with E-state index in [9.17, 15) is 24.3 Å². The SMILES string of the molecule is C[C@H](C(=O)O)N(Cc1ccccc1)C(=O)c1c[nH]c(=O)n(C)c1=O. The number of hydrogen-bond acceptors (Lipinski definition) is 4. The summed E-state index contributed by atoms with van der Waals surface area (Å²) in [7, 11) is 1.24. The molecule has 1 aromatic heterocycles. The van der Waals surface area contributed by atoms with Crippen molar-refractivity contribution in [1.82, 2.24) is 14.5 Å². The molecule has 0 radical (unpaired) electrons. The van der Waals surface area contributed by atoms with E-state index in [1.54, 1.807) is 30.3 Å². The van der Waals surface area contributed by atoms with Crippen LogP contribution in [0.4, 0.5) is 0 Å². The van der Waals surface area contributed by atoms with Crippen LogP contribution in [0.3, 0.4) is 0 Å². The minimum Gasteiger partial charge on any atom is -0.480 e. The van der Waals surface area contributed by atoms with Crippen molar-refractivity contribution in [2.24, 2.45) is 7.05 Å². The highest BCUT2D eigenvalue weighted by Crippen LogP contribution is 2.11. The second-order valence-electron chi connectivity index (χ2n) is 5.30. The van der Waals surface area contributed by atoms with E-state index in [0.29, 0.717) is 0 Å². The lowest BCUT2D eigenvalue weighted by atomic mass is 10.1. The molecule has 8 nitrogen and oxygen atoms in total. The molecule has 1 amide bonds. The number of benzene rings is 1. The fourth-order valence-corrected chi connectivity index (χ4v) is 2.17. The number of aromatic nitrogens is 2. The van der Waals surface area contributed by atoms with Crippen molar-refractivity contribution >= 4 is 11.9 Å². The number of carboxylic acids is 1. The van der Waals surface area contributed by atoms with Crippen LogP contribution < -0.4 is 11.2 Å². The number of carbonyl (C=O) groups excluding carboxylic acids is 1. The third-order valence-electron chi connectivity index (χ3n) is 3.69. The quantitative estimate of drug-likeness (QED) is 0.812. The zero-order chi connectivity index (χ0) is 17.9. The van der Waals surface area contributed by atoms with Crippen molar-refractivity contribution in [2.45, 2.75) is 19.5 Å². The van der Waals surface area contributed by atoms with Crippen LogP contribution in [-0.4, -0.2) is 37.5 Å². The monoisotopic (exact) mass is 331 g/mol. The first kappa shape index (κ1) is 17.2. The number of nitrogens with zero attached hydrogens (tertiary/aromatic N) is 2. The number of aromatic amines is 1. The van der Waals surface area contributed by atoms with Gasteiger partial charge in [0.25, 0.3) is 11.5 Å². The molecule has 2 aromatic rings. The summed E-state index contributed by atoms with van der Waals surface area (Å²) >= 11 is 0. The average Bonchev–Trinajstić information content (AvgIpc) is 2.57. The Hall–Kier alpha value is -3.16. The van der Waals surface area contributed by atoms with E-state index in [1.165, 1.54) is 14.0 Å². The zero-order valence-electron chi connectivity index (χ0n) is 13.2. The third kappa shape index (κ3) is 3.43. The van der Waals surface area contributed by atoms with Gasteiger partial charge in [0, 0.05) is 19.8 Å². The maximum absolute atomic E-state index is 12.7. The summed E-state index contributed by atoms with van der Waals surface area (Å²) in [5.41, 5.74) is -1.00. The molecule has 24 heavy (non-hydrogen) atoms. The van der Waals surface area contributed by atoms with Crippen molar-refractivity contribution in [3.8, 4) is 0 Å². The van der Waals surface area contributed by atoms with E-state index < -0.39 is 29.2 Å². The van der Waals surface area contributed by atoms with Gasteiger partial charge in [-0.1, -0.05) is 30.3 Å². The molecule has 2 rings (SSSR count). The van der Waals surface area contributed by atoms with Crippen molar-refractivity contribution < 1.29 is 14.7 Å². The molecule has 0 aliphatic rings. The van der Waals surface area contributed by atoms with Gasteiger partial charge in [-0.15, -0.1) is 0 Å². The number of H-pyrrole nitrogens is 1. The van der Waals surface area contributed by atoms with Crippen LogP contribution in [0.1, 0.15) is 22.8 Å². The Morgan fingerprint density at radius 2 is 1.88 bits per heavy atom. The van der Waals surface area contributed by atoms with Crippen LogP contribution in [0.15, 0.2) is 46.1 Å². The van der Waals surface area contributed by atoms with Crippen molar-refractivity contribution in [2.75, 3.05) is 0 Å². The molecule has 126 valence electrons. The van der Waals surface area contributed by atoms with Gasteiger partial charge in [0.1, 0.15) is 11.6 Å². The van der Waals surface area contributed by atoms with Crippen LogP contribution in [0.2, 0.25) is 0 Å². The number of nitrogens with one attached hydrogen (secondary N) is 1. The molecular weight excluding hydrogens is 314 g/mol. The highest BCUT2D eigenvalue weighted by Gasteiger charge is 2.28. The molecule has 0 aliphatic heterocycles. The van der Waals surface area contributed by atoms with E-state index in [-0.39, 0.29) is 12.1 Å². The number of rotatable bonds is 5. The van der Waals surface area contributed by atoms with Crippen LogP contribution in [-0.2, 0) is 18.4 Å². The Morgan fingerprint density at radius 3 is 2.46 bits per heavy atom. The molecule has 0 saturated carbocycles. The molecule has 8 heteroatoms. The molecule has 0 saturated heterocycles. The van der Waals surface area contributed by atoms with Gasteiger partial charge in [0.05, 0.1) is 0 Å². The average molecular weight is 331 g/mol. The lowest BCUT2D eigenvalue weighted by Crippen LogP contribution is -2.46. The van der Waals surface area contributed by atoms with E-state index >= 15 is 0 Å². The fraction of sp³-hybridized carbons (Fsp3) is 0.250. The van der Waals surface area contributed by atoms with Gasteiger partial charge in [0.15, 0.2) is 0 Å². The molecule has 0 unspecified atom stereocenters. The minimum atomic E-state index is -1.19. The number of carbonyl (C=O) groups is 2. The molecular formula is C16H17N3O5. The normalized spacial score (nSPS) is 11.8. The largest absolute Gasteiger partial charge is 0.480 e. The fourth-order valence-electron chi connectivity index (χ4n) is 2.17. The summed E-state index contributed by atoms with van der Waals surface area (Å²) in [5.74, 6) is -1.95. The Labute approximate surface area is 137 Å². The first-order valence-corrected chi connectivity index (χ1v) is 7.19.